The number of rotatable bonds is 5. The van der Waals surface area contributed by atoms with Crippen LogP contribution in [0.2, 0.25) is 0 Å². The predicted molar refractivity (Wildman–Crippen MR) is 181 cm³/mol. The molecule has 5 rings (SSSR count). The SMILES string of the molecule is Cc1ccccc1-c1cccc(N(c2cc(C(C)(C)C)cc(C(C)(C)C)c2)c2cccc(-c3ccccc3C)[n+]2C)[n+]1C. The average Bonchev–Trinajstić information content (AvgIpc) is 2.95. The van der Waals surface area contributed by atoms with Gasteiger partial charge in [-0.1, -0.05) is 96.1 Å². The second kappa shape index (κ2) is 11.4. The molecule has 0 aliphatic rings. The Bertz CT molecular complexity index is 1660. The van der Waals surface area contributed by atoms with Crippen LogP contribution < -0.4 is 14.0 Å². The van der Waals surface area contributed by atoms with E-state index in [1.54, 1.807) is 0 Å². The monoisotopic (exact) mass is 569 g/mol. The summed E-state index contributed by atoms with van der Waals surface area (Å²) in [5.74, 6) is 2.20. The van der Waals surface area contributed by atoms with Crippen molar-refractivity contribution < 1.29 is 9.13 Å². The van der Waals surface area contributed by atoms with Crippen LogP contribution in [0.1, 0.15) is 63.8 Å². The van der Waals surface area contributed by atoms with Crippen LogP contribution in [0.25, 0.3) is 22.5 Å². The van der Waals surface area contributed by atoms with Gasteiger partial charge in [-0.2, -0.15) is 4.90 Å². The van der Waals surface area contributed by atoms with Crippen molar-refractivity contribution in [3.05, 3.63) is 125 Å². The normalized spacial score (nSPS) is 12.0. The minimum Gasteiger partial charge on any atom is -0.229 e. The van der Waals surface area contributed by atoms with Crippen LogP contribution in [0.4, 0.5) is 17.3 Å². The fourth-order valence-electron chi connectivity index (χ4n) is 5.84. The Morgan fingerprint density at radius 1 is 0.488 bits per heavy atom. The number of benzene rings is 3. The molecule has 43 heavy (non-hydrogen) atoms. The third-order valence-corrected chi connectivity index (χ3v) is 8.62. The summed E-state index contributed by atoms with van der Waals surface area (Å²) in [7, 11) is 4.38. The lowest BCUT2D eigenvalue weighted by Crippen LogP contribution is -2.43. The van der Waals surface area contributed by atoms with E-state index in [1.807, 2.05) is 0 Å². The molecule has 3 aromatic carbocycles. The largest absolute Gasteiger partial charge is 0.290 e. The lowest BCUT2D eigenvalue weighted by molar-refractivity contribution is -0.656. The van der Waals surface area contributed by atoms with E-state index in [4.69, 9.17) is 0 Å². The van der Waals surface area contributed by atoms with Gasteiger partial charge < -0.3 is 0 Å². The summed E-state index contributed by atoms with van der Waals surface area (Å²) in [4.78, 5) is 2.44. The summed E-state index contributed by atoms with van der Waals surface area (Å²) in [5.41, 5.74) is 11.2. The molecule has 0 aliphatic carbocycles. The van der Waals surface area contributed by atoms with Gasteiger partial charge in [0.1, 0.15) is 17.1 Å². The first-order valence-corrected chi connectivity index (χ1v) is 15.3. The zero-order valence-electron chi connectivity index (χ0n) is 27.7. The molecule has 0 aliphatic heterocycles. The van der Waals surface area contributed by atoms with E-state index in [2.05, 4.69) is 187 Å². The number of pyridine rings is 2. The van der Waals surface area contributed by atoms with Gasteiger partial charge in [-0.25, -0.2) is 9.13 Å². The second-order valence-corrected chi connectivity index (χ2v) is 13.9. The minimum atomic E-state index is -0.00193. The summed E-state index contributed by atoms with van der Waals surface area (Å²) in [6.07, 6.45) is 0. The standard InChI is InChI=1S/C40H47N3/c1-28-17-11-13-19-33(28)35-21-15-23-37(41(35)9)43(32-26-30(39(3,4)5)25-31(27-32)40(6,7)8)38-24-16-22-36(42(38)10)34-20-14-12-18-29(34)2/h11-27H,1-10H3/q+2. The van der Waals surface area contributed by atoms with Crippen LogP contribution >= 0.6 is 0 Å². The molecular weight excluding hydrogens is 522 g/mol. The van der Waals surface area contributed by atoms with Crippen LogP contribution in [-0.4, -0.2) is 0 Å². The van der Waals surface area contributed by atoms with Crippen molar-refractivity contribution in [2.75, 3.05) is 4.90 Å². The van der Waals surface area contributed by atoms with Crippen LogP contribution in [0.5, 0.6) is 0 Å². The molecule has 0 N–H and O–H groups in total. The van der Waals surface area contributed by atoms with Gasteiger partial charge in [-0.05, 0) is 83.3 Å². The molecule has 0 unspecified atom stereocenters. The molecule has 0 amide bonds. The van der Waals surface area contributed by atoms with Crippen molar-refractivity contribution in [3.63, 3.8) is 0 Å². The van der Waals surface area contributed by atoms with Gasteiger partial charge in [0.2, 0.25) is 0 Å². The van der Waals surface area contributed by atoms with Crippen LogP contribution in [0.3, 0.4) is 0 Å². The summed E-state index contributed by atoms with van der Waals surface area (Å²) in [6.45, 7) is 18.2. The molecule has 0 saturated heterocycles. The molecular formula is C40H47N3+2. The molecule has 0 radical (unpaired) electrons. The molecule has 0 fully saturated rings. The number of nitrogens with zero attached hydrogens (tertiary/aromatic N) is 3. The molecule has 3 nitrogen and oxygen atoms in total. The van der Waals surface area contributed by atoms with Gasteiger partial charge in [0.25, 0.3) is 11.6 Å². The summed E-state index contributed by atoms with van der Waals surface area (Å²) in [6, 6.07) is 37.7. The highest BCUT2D eigenvalue weighted by atomic mass is 15.3. The first-order valence-electron chi connectivity index (χ1n) is 15.3. The van der Waals surface area contributed by atoms with Crippen molar-refractivity contribution in [2.24, 2.45) is 14.1 Å². The highest BCUT2D eigenvalue weighted by Gasteiger charge is 2.33. The lowest BCUT2D eigenvalue weighted by Gasteiger charge is -2.28. The maximum absolute atomic E-state index is 2.44. The van der Waals surface area contributed by atoms with Gasteiger partial charge in [-0.15, -0.1) is 0 Å². The Hall–Kier alpha value is -4.24. The first-order chi connectivity index (χ1) is 20.3. The lowest BCUT2D eigenvalue weighted by atomic mass is 9.80. The summed E-state index contributed by atoms with van der Waals surface area (Å²) < 4.78 is 4.67. The average molecular weight is 570 g/mol. The van der Waals surface area contributed by atoms with Crippen LogP contribution in [0, 0.1) is 13.8 Å². The smallest absolute Gasteiger partial charge is 0.229 e. The molecule has 0 saturated carbocycles. The van der Waals surface area contributed by atoms with Crippen molar-refractivity contribution in [3.8, 4) is 22.5 Å². The topological polar surface area (TPSA) is 11.0 Å². The van der Waals surface area contributed by atoms with Crippen molar-refractivity contribution in [1.29, 1.82) is 0 Å². The molecule has 5 aromatic rings. The van der Waals surface area contributed by atoms with E-state index in [1.165, 1.54) is 44.8 Å². The highest BCUT2D eigenvalue weighted by Crippen LogP contribution is 2.39. The van der Waals surface area contributed by atoms with Crippen molar-refractivity contribution >= 4 is 17.3 Å². The first kappa shape index (κ1) is 30.2. The zero-order valence-corrected chi connectivity index (χ0v) is 27.7. The number of hydrogen-bond acceptors (Lipinski definition) is 1. The van der Waals surface area contributed by atoms with Gasteiger partial charge in [-0.3, -0.25) is 0 Å². The van der Waals surface area contributed by atoms with E-state index in [9.17, 15) is 0 Å². The van der Waals surface area contributed by atoms with E-state index in [-0.39, 0.29) is 10.8 Å². The molecule has 220 valence electrons. The van der Waals surface area contributed by atoms with E-state index in [0.717, 1.165) is 17.3 Å². The van der Waals surface area contributed by atoms with Crippen molar-refractivity contribution in [2.45, 2.75) is 66.2 Å². The second-order valence-electron chi connectivity index (χ2n) is 13.9. The maximum atomic E-state index is 2.44. The predicted octanol–water partition coefficient (Wildman–Crippen LogP) is 9.35. The quantitative estimate of drug-likeness (QED) is 0.192. The summed E-state index contributed by atoms with van der Waals surface area (Å²) >= 11 is 0. The fraction of sp³-hybridized carbons (Fsp3) is 0.300. The minimum absolute atomic E-state index is 0.00193. The molecule has 2 heterocycles. The molecule has 0 atom stereocenters. The molecule has 0 bridgehead atoms. The Labute approximate surface area is 259 Å². The van der Waals surface area contributed by atoms with Crippen LogP contribution in [-0.2, 0) is 24.9 Å². The van der Waals surface area contributed by atoms with Gasteiger partial charge in [0.15, 0.2) is 0 Å². The van der Waals surface area contributed by atoms with Crippen molar-refractivity contribution in [1.82, 2.24) is 0 Å². The number of anilines is 3. The Morgan fingerprint density at radius 2 is 0.884 bits per heavy atom. The number of hydrogen-bond donors (Lipinski definition) is 0. The van der Waals surface area contributed by atoms with E-state index in [0.29, 0.717) is 0 Å². The third kappa shape index (κ3) is 5.99. The summed E-state index contributed by atoms with van der Waals surface area (Å²) in [5, 5.41) is 0. The van der Waals surface area contributed by atoms with E-state index >= 15 is 0 Å². The molecule has 0 spiro atoms. The zero-order chi connectivity index (χ0) is 31.1. The molecule has 3 heteroatoms. The fourth-order valence-corrected chi connectivity index (χ4v) is 5.84. The number of aromatic nitrogens is 2. The molecule has 2 aromatic heterocycles. The van der Waals surface area contributed by atoms with Gasteiger partial charge in [0.05, 0.1) is 14.1 Å². The number of aryl methyl sites for hydroxylation is 2. The highest BCUT2D eigenvalue weighted by molar-refractivity contribution is 5.73. The van der Waals surface area contributed by atoms with Gasteiger partial charge in [0, 0.05) is 23.3 Å². The van der Waals surface area contributed by atoms with Crippen LogP contribution in [0.15, 0.2) is 103 Å². The third-order valence-electron chi connectivity index (χ3n) is 8.62. The Morgan fingerprint density at radius 3 is 1.26 bits per heavy atom. The van der Waals surface area contributed by atoms with E-state index < -0.39 is 0 Å². The van der Waals surface area contributed by atoms with Gasteiger partial charge >= 0.3 is 0 Å². The Kier molecular flexibility index (Phi) is 8.05. The Balaban J connectivity index is 1.85. The maximum Gasteiger partial charge on any atom is 0.290 e.